The van der Waals surface area contributed by atoms with Crippen molar-refractivity contribution in [3.63, 3.8) is 0 Å². The number of benzene rings is 2. The van der Waals surface area contributed by atoms with Crippen LogP contribution in [0.4, 0.5) is 0 Å². The minimum Gasteiger partial charge on any atom is -0.493 e. The molecule has 3 rings (SSSR count). The van der Waals surface area contributed by atoms with Gasteiger partial charge in [-0.3, -0.25) is 0 Å². The highest BCUT2D eigenvalue weighted by molar-refractivity contribution is 5.29. The van der Waals surface area contributed by atoms with Crippen molar-refractivity contribution in [1.29, 1.82) is 0 Å². The summed E-state index contributed by atoms with van der Waals surface area (Å²) in [5, 5.41) is 3.71. The van der Waals surface area contributed by atoms with E-state index in [2.05, 4.69) is 60.8 Å². The molecule has 0 aromatic heterocycles. The summed E-state index contributed by atoms with van der Waals surface area (Å²) in [5.41, 5.74) is 2.66. The maximum Gasteiger partial charge on any atom is 0.119 e. The van der Waals surface area contributed by atoms with Crippen LogP contribution in [0, 0.1) is 5.92 Å². The van der Waals surface area contributed by atoms with Crippen molar-refractivity contribution in [2.75, 3.05) is 13.2 Å². The van der Waals surface area contributed by atoms with Crippen LogP contribution in [0.5, 0.6) is 5.75 Å². The second-order valence-corrected chi connectivity index (χ2v) is 7.29. The maximum atomic E-state index is 5.88. The highest BCUT2D eigenvalue weighted by Gasteiger charge is 2.14. The smallest absolute Gasteiger partial charge is 0.119 e. The lowest BCUT2D eigenvalue weighted by Crippen LogP contribution is -2.27. The highest BCUT2D eigenvalue weighted by atomic mass is 16.5. The molecular formula is C23H31NO. The zero-order valence-corrected chi connectivity index (χ0v) is 15.4. The van der Waals surface area contributed by atoms with Gasteiger partial charge in [0, 0.05) is 12.5 Å². The molecule has 0 heterocycles. The Balaban J connectivity index is 1.41. The summed E-state index contributed by atoms with van der Waals surface area (Å²) in [5.74, 6) is 1.83. The van der Waals surface area contributed by atoms with Gasteiger partial charge in [0.25, 0.3) is 0 Å². The molecule has 2 aromatic carbocycles. The fourth-order valence-corrected chi connectivity index (χ4v) is 3.64. The van der Waals surface area contributed by atoms with Crippen LogP contribution in [0.15, 0.2) is 54.6 Å². The van der Waals surface area contributed by atoms with Crippen molar-refractivity contribution in [1.82, 2.24) is 5.32 Å². The molecular weight excluding hydrogens is 306 g/mol. The summed E-state index contributed by atoms with van der Waals surface area (Å²) in [7, 11) is 0. The largest absolute Gasteiger partial charge is 0.493 e. The minimum absolute atomic E-state index is 0.403. The van der Waals surface area contributed by atoms with Crippen LogP contribution >= 0.6 is 0 Å². The van der Waals surface area contributed by atoms with E-state index in [-0.39, 0.29) is 0 Å². The van der Waals surface area contributed by atoms with Gasteiger partial charge in [-0.1, -0.05) is 61.7 Å². The van der Waals surface area contributed by atoms with Gasteiger partial charge in [-0.25, -0.2) is 0 Å². The SMILES string of the molecule is CC(NCC1CCCCC1)c1ccc(OCCc2ccccc2)cc1. The molecule has 0 saturated heterocycles. The van der Waals surface area contributed by atoms with Gasteiger partial charge in [0.15, 0.2) is 0 Å². The molecule has 0 aliphatic heterocycles. The molecule has 1 unspecified atom stereocenters. The zero-order chi connectivity index (χ0) is 17.3. The van der Waals surface area contributed by atoms with Crippen molar-refractivity contribution in [2.45, 2.75) is 51.5 Å². The van der Waals surface area contributed by atoms with Crippen molar-refractivity contribution in [2.24, 2.45) is 5.92 Å². The van der Waals surface area contributed by atoms with E-state index in [1.807, 2.05) is 6.07 Å². The van der Waals surface area contributed by atoms with Gasteiger partial charge in [0.2, 0.25) is 0 Å². The predicted molar refractivity (Wildman–Crippen MR) is 105 cm³/mol. The van der Waals surface area contributed by atoms with Crippen LogP contribution in [0.1, 0.15) is 56.2 Å². The van der Waals surface area contributed by atoms with E-state index in [4.69, 9.17) is 4.74 Å². The number of rotatable bonds is 8. The van der Waals surface area contributed by atoms with Crippen molar-refractivity contribution in [3.8, 4) is 5.75 Å². The van der Waals surface area contributed by atoms with Crippen LogP contribution in [0.25, 0.3) is 0 Å². The molecule has 1 saturated carbocycles. The molecule has 1 aliphatic carbocycles. The van der Waals surface area contributed by atoms with Crippen LogP contribution in [0.3, 0.4) is 0 Å². The van der Waals surface area contributed by atoms with Crippen LogP contribution in [-0.4, -0.2) is 13.2 Å². The highest BCUT2D eigenvalue weighted by Crippen LogP contribution is 2.24. The van der Waals surface area contributed by atoms with Gasteiger partial charge >= 0.3 is 0 Å². The van der Waals surface area contributed by atoms with E-state index in [9.17, 15) is 0 Å². The van der Waals surface area contributed by atoms with Crippen LogP contribution in [0.2, 0.25) is 0 Å². The first-order valence-electron chi connectivity index (χ1n) is 9.81. The van der Waals surface area contributed by atoms with E-state index in [0.717, 1.165) is 31.2 Å². The molecule has 1 aliphatic rings. The van der Waals surface area contributed by atoms with E-state index >= 15 is 0 Å². The molecule has 134 valence electrons. The summed E-state index contributed by atoms with van der Waals surface area (Å²) in [6.07, 6.45) is 7.99. The first-order chi connectivity index (χ1) is 12.3. The Morgan fingerprint density at radius 1 is 0.960 bits per heavy atom. The lowest BCUT2D eigenvalue weighted by molar-refractivity contribution is 0.321. The molecule has 0 amide bonds. The Kier molecular flexibility index (Phi) is 6.93. The molecule has 0 bridgehead atoms. The first kappa shape index (κ1) is 18.0. The summed E-state index contributed by atoms with van der Waals surface area (Å²) in [6, 6.07) is 19.5. The molecule has 2 aromatic rings. The van der Waals surface area contributed by atoms with Gasteiger partial charge in [0.1, 0.15) is 5.75 Å². The fourth-order valence-electron chi connectivity index (χ4n) is 3.64. The summed E-state index contributed by atoms with van der Waals surface area (Å²) < 4.78 is 5.88. The molecule has 0 spiro atoms. The first-order valence-corrected chi connectivity index (χ1v) is 9.81. The molecule has 25 heavy (non-hydrogen) atoms. The van der Waals surface area contributed by atoms with Crippen molar-refractivity contribution in [3.05, 3.63) is 65.7 Å². The Hall–Kier alpha value is -1.80. The van der Waals surface area contributed by atoms with Crippen LogP contribution < -0.4 is 10.1 Å². The van der Waals surface area contributed by atoms with Crippen molar-refractivity contribution < 1.29 is 4.74 Å². The van der Waals surface area contributed by atoms with E-state index in [1.165, 1.54) is 43.2 Å². The standard InChI is InChI=1S/C23H31NO/c1-19(24-18-21-10-6-3-7-11-21)22-12-14-23(15-13-22)25-17-16-20-8-4-2-5-9-20/h2,4-5,8-9,12-15,19,21,24H,3,6-7,10-11,16-18H2,1H3. The minimum atomic E-state index is 0.403. The van der Waals surface area contributed by atoms with Gasteiger partial charge in [-0.2, -0.15) is 0 Å². The lowest BCUT2D eigenvalue weighted by atomic mass is 9.89. The molecule has 1 fully saturated rings. The Morgan fingerprint density at radius 3 is 2.40 bits per heavy atom. The average Bonchev–Trinajstić information content (AvgIpc) is 2.68. The number of hydrogen-bond acceptors (Lipinski definition) is 2. The second kappa shape index (κ2) is 9.62. The normalized spacial score (nSPS) is 16.5. The summed E-state index contributed by atoms with van der Waals surface area (Å²) in [4.78, 5) is 0. The van der Waals surface area contributed by atoms with E-state index in [1.54, 1.807) is 0 Å². The maximum absolute atomic E-state index is 5.88. The Bertz CT molecular complexity index is 602. The quantitative estimate of drug-likeness (QED) is 0.683. The topological polar surface area (TPSA) is 21.3 Å². The third kappa shape index (κ3) is 5.89. The van der Waals surface area contributed by atoms with Gasteiger partial charge in [-0.05, 0) is 55.5 Å². The van der Waals surface area contributed by atoms with Gasteiger partial charge < -0.3 is 10.1 Å². The third-order valence-corrected chi connectivity index (χ3v) is 5.32. The molecule has 1 atom stereocenters. The number of ether oxygens (including phenoxy) is 1. The molecule has 1 N–H and O–H groups in total. The van der Waals surface area contributed by atoms with Gasteiger partial charge in [-0.15, -0.1) is 0 Å². The number of hydrogen-bond donors (Lipinski definition) is 1. The Labute approximate surface area is 152 Å². The number of nitrogens with one attached hydrogen (secondary N) is 1. The molecule has 0 radical (unpaired) electrons. The second-order valence-electron chi connectivity index (χ2n) is 7.29. The van der Waals surface area contributed by atoms with E-state index < -0.39 is 0 Å². The van der Waals surface area contributed by atoms with Gasteiger partial charge in [0.05, 0.1) is 6.61 Å². The predicted octanol–water partition coefficient (Wildman–Crippen LogP) is 5.54. The third-order valence-electron chi connectivity index (χ3n) is 5.32. The lowest BCUT2D eigenvalue weighted by Gasteiger charge is -2.24. The summed E-state index contributed by atoms with van der Waals surface area (Å²) in [6.45, 7) is 4.13. The van der Waals surface area contributed by atoms with E-state index in [0.29, 0.717) is 6.04 Å². The summed E-state index contributed by atoms with van der Waals surface area (Å²) >= 11 is 0. The van der Waals surface area contributed by atoms with Crippen LogP contribution in [-0.2, 0) is 6.42 Å². The zero-order valence-electron chi connectivity index (χ0n) is 15.4. The molecule has 2 nitrogen and oxygen atoms in total. The monoisotopic (exact) mass is 337 g/mol. The average molecular weight is 338 g/mol. The van der Waals surface area contributed by atoms with Crippen molar-refractivity contribution >= 4 is 0 Å². The Morgan fingerprint density at radius 2 is 1.68 bits per heavy atom. The fraction of sp³-hybridized carbons (Fsp3) is 0.478. The molecule has 2 heteroatoms.